The Kier molecular flexibility index (Phi) is 1.68. The maximum atomic E-state index is 4.42. The van der Waals surface area contributed by atoms with Crippen LogP contribution < -0.4 is 0 Å². The summed E-state index contributed by atoms with van der Waals surface area (Å²) >= 11 is 6.93. The van der Waals surface area contributed by atoms with Crippen LogP contribution >= 0.6 is 38.6 Å². The molecule has 3 aromatic rings. The Morgan fingerprint density at radius 3 is 3.08 bits per heavy atom. The molecule has 13 heavy (non-hydrogen) atoms. The third-order valence-corrected chi connectivity index (χ3v) is 4.56. The average Bonchev–Trinajstić information content (AvgIpc) is 2.70. The maximum absolute atomic E-state index is 4.42. The molecule has 0 aliphatic carbocycles. The summed E-state index contributed by atoms with van der Waals surface area (Å²) in [7, 11) is 0. The summed E-state index contributed by atoms with van der Waals surface area (Å²) in [5.74, 6) is 0. The lowest BCUT2D eigenvalue weighted by molar-refractivity contribution is 1.47. The zero-order valence-electron chi connectivity index (χ0n) is 6.45. The van der Waals surface area contributed by atoms with Crippen LogP contribution in [0.15, 0.2) is 26.8 Å². The van der Waals surface area contributed by atoms with Gasteiger partial charge in [0, 0.05) is 22.3 Å². The van der Waals surface area contributed by atoms with Crippen LogP contribution in [0, 0.1) is 0 Å². The van der Waals surface area contributed by atoms with Crippen molar-refractivity contribution in [1.29, 1.82) is 0 Å². The largest absolute Gasteiger partial charge is 0.253 e. The number of thiophene rings is 2. The fourth-order valence-corrected chi connectivity index (χ4v) is 3.51. The summed E-state index contributed by atoms with van der Waals surface area (Å²) < 4.78 is 2.38. The van der Waals surface area contributed by atoms with Gasteiger partial charge in [-0.1, -0.05) is 0 Å². The molecule has 0 aliphatic heterocycles. The van der Waals surface area contributed by atoms with Crippen molar-refractivity contribution >= 4 is 59.6 Å². The fourth-order valence-electron chi connectivity index (χ4n) is 1.41. The average molecular weight is 270 g/mol. The van der Waals surface area contributed by atoms with Gasteiger partial charge in [0.2, 0.25) is 0 Å². The number of fused-ring (bicyclic) bond motifs is 3. The lowest BCUT2D eigenvalue weighted by atomic mass is 10.2. The third kappa shape index (κ3) is 1.06. The monoisotopic (exact) mass is 269 g/mol. The van der Waals surface area contributed by atoms with Gasteiger partial charge < -0.3 is 0 Å². The summed E-state index contributed by atoms with van der Waals surface area (Å²) in [4.78, 5) is 4.42. The summed E-state index contributed by atoms with van der Waals surface area (Å²) in [6, 6.07) is 2.16. The minimum Gasteiger partial charge on any atom is -0.253 e. The van der Waals surface area contributed by atoms with Crippen molar-refractivity contribution in [2.45, 2.75) is 0 Å². The second-order valence-electron chi connectivity index (χ2n) is 2.73. The van der Waals surface area contributed by atoms with Crippen molar-refractivity contribution in [2.75, 3.05) is 0 Å². The molecule has 0 aliphatic rings. The van der Waals surface area contributed by atoms with Gasteiger partial charge in [-0.2, -0.15) is 0 Å². The van der Waals surface area contributed by atoms with E-state index in [1.807, 2.05) is 6.20 Å². The van der Waals surface area contributed by atoms with E-state index >= 15 is 0 Å². The number of halogens is 1. The number of hydrogen-bond acceptors (Lipinski definition) is 3. The standard InChI is InChI=1S/C9H4BrNS2/c10-9-8-6(4-13-9)5-1-2-12-7(5)3-11-8/h1-4H. The van der Waals surface area contributed by atoms with Gasteiger partial charge in [0.15, 0.2) is 0 Å². The van der Waals surface area contributed by atoms with Crippen molar-refractivity contribution in [3.63, 3.8) is 0 Å². The molecular formula is C9H4BrNS2. The number of rotatable bonds is 0. The van der Waals surface area contributed by atoms with E-state index in [9.17, 15) is 0 Å². The minimum atomic E-state index is 1.08. The molecule has 1 nitrogen and oxygen atoms in total. The van der Waals surface area contributed by atoms with Crippen molar-refractivity contribution < 1.29 is 0 Å². The molecule has 64 valence electrons. The maximum Gasteiger partial charge on any atom is 0.0961 e. The van der Waals surface area contributed by atoms with E-state index in [0.29, 0.717) is 0 Å². The Morgan fingerprint density at radius 1 is 1.23 bits per heavy atom. The van der Waals surface area contributed by atoms with Crippen LogP contribution in [0.5, 0.6) is 0 Å². The fraction of sp³-hybridized carbons (Fsp3) is 0. The third-order valence-electron chi connectivity index (χ3n) is 2.02. The van der Waals surface area contributed by atoms with Crippen molar-refractivity contribution in [1.82, 2.24) is 4.98 Å². The molecule has 3 rings (SSSR count). The number of pyridine rings is 1. The van der Waals surface area contributed by atoms with Crippen LogP contribution in [0.1, 0.15) is 0 Å². The van der Waals surface area contributed by atoms with E-state index in [0.717, 1.165) is 9.30 Å². The van der Waals surface area contributed by atoms with Gasteiger partial charge in [-0.15, -0.1) is 22.7 Å². The van der Waals surface area contributed by atoms with Gasteiger partial charge in [-0.3, -0.25) is 4.98 Å². The number of nitrogens with zero attached hydrogens (tertiary/aromatic N) is 1. The SMILES string of the molecule is Brc1scc2c1ncc1sccc12. The van der Waals surface area contributed by atoms with E-state index < -0.39 is 0 Å². The van der Waals surface area contributed by atoms with Crippen LogP contribution in [0.4, 0.5) is 0 Å². The van der Waals surface area contributed by atoms with Gasteiger partial charge in [-0.25, -0.2) is 0 Å². The molecule has 0 N–H and O–H groups in total. The Hall–Kier alpha value is -0.450. The highest BCUT2D eigenvalue weighted by atomic mass is 79.9. The van der Waals surface area contributed by atoms with Gasteiger partial charge in [0.25, 0.3) is 0 Å². The molecular weight excluding hydrogens is 266 g/mol. The van der Waals surface area contributed by atoms with E-state index in [1.165, 1.54) is 15.5 Å². The Bertz CT molecular complexity index is 581. The van der Waals surface area contributed by atoms with Gasteiger partial charge in [0.1, 0.15) is 0 Å². The molecule has 0 fully saturated rings. The minimum absolute atomic E-state index is 1.08. The first-order valence-corrected chi connectivity index (χ1v) is 6.30. The quantitative estimate of drug-likeness (QED) is 0.594. The second-order valence-corrected chi connectivity index (χ2v) is 5.87. The summed E-state index contributed by atoms with van der Waals surface area (Å²) in [5.41, 5.74) is 1.08. The zero-order chi connectivity index (χ0) is 8.84. The summed E-state index contributed by atoms with van der Waals surface area (Å²) in [6.07, 6.45) is 1.94. The number of hydrogen-bond donors (Lipinski definition) is 0. The molecule has 4 heteroatoms. The van der Waals surface area contributed by atoms with Crippen LogP contribution in [0.3, 0.4) is 0 Å². The molecule has 0 atom stereocenters. The predicted molar refractivity (Wildman–Crippen MR) is 62.7 cm³/mol. The van der Waals surface area contributed by atoms with Gasteiger partial charge in [-0.05, 0) is 27.4 Å². The molecule has 0 bridgehead atoms. The number of aromatic nitrogens is 1. The van der Waals surface area contributed by atoms with E-state index in [4.69, 9.17) is 0 Å². The van der Waals surface area contributed by atoms with Crippen molar-refractivity contribution in [2.24, 2.45) is 0 Å². The molecule has 0 radical (unpaired) electrons. The molecule has 0 saturated carbocycles. The lowest BCUT2D eigenvalue weighted by Gasteiger charge is -1.91. The Balaban J connectivity index is 2.66. The first-order chi connectivity index (χ1) is 6.36. The smallest absolute Gasteiger partial charge is 0.0961 e. The van der Waals surface area contributed by atoms with Crippen LogP contribution in [-0.2, 0) is 0 Å². The molecule has 0 unspecified atom stereocenters. The molecule has 0 saturated heterocycles. The molecule has 0 spiro atoms. The van der Waals surface area contributed by atoms with Gasteiger partial charge >= 0.3 is 0 Å². The Labute approximate surface area is 91.2 Å². The highest BCUT2D eigenvalue weighted by Gasteiger charge is 2.06. The lowest BCUT2D eigenvalue weighted by Crippen LogP contribution is -1.72. The summed E-state index contributed by atoms with van der Waals surface area (Å²) in [5, 5.41) is 6.84. The van der Waals surface area contributed by atoms with Gasteiger partial charge in [0.05, 0.1) is 14.0 Å². The molecule has 0 amide bonds. The zero-order valence-corrected chi connectivity index (χ0v) is 9.67. The second kappa shape index (κ2) is 2.77. The Morgan fingerprint density at radius 2 is 2.15 bits per heavy atom. The van der Waals surface area contributed by atoms with Crippen LogP contribution in [-0.4, -0.2) is 4.98 Å². The molecule has 3 aromatic heterocycles. The van der Waals surface area contributed by atoms with Crippen molar-refractivity contribution in [3.8, 4) is 0 Å². The van der Waals surface area contributed by atoms with Crippen LogP contribution in [0.2, 0.25) is 0 Å². The molecule has 3 heterocycles. The van der Waals surface area contributed by atoms with Crippen LogP contribution in [0.25, 0.3) is 21.0 Å². The summed E-state index contributed by atoms with van der Waals surface area (Å²) in [6.45, 7) is 0. The molecule has 0 aromatic carbocycles. The topological polar surface area (TPSA) is 12.9 Å². The van der Waals surface area contributed by atoms with Crippen molar-refractivity contribution in [3.05, 3.63) is 26.8 Å². The highest BCUT2D eigenvalue weighted by molar-refractivity contribution is 9.11. The van der Waals surface area contributed by atoms with E-state index in [1.54, 1.807) is 22.7 Å². The van der Waals surface area contributed by atoms with E-state index in [-0.39, 0.29) is 0 Å². The normalized spacial score (nSPS) is 11.5. The first-order valence-electron chi connectivity index (χ1n) is 3.75. The predicted octanol–water partition coefficient (Wildman–Crippen LogP) is 4.27. The highest BCUT2D eigenvalue weighted by Crippen LogP contribution is 2.35. The van der Waals surface area contributed by atoms with E-state index in [2.05, 4.69) is 37.7 Å². The first kappa shape index (κ1) is 7.91.